The number of carboxylic acids is 1. The van der Waals surface area contributed by atoms with Gasteiger partial charge in [-0.3, -0.25) is 4.79 Å². The molecule has 1 atom stereocenters. The molecule has 1 aromatic heterocycles. The van der Waals surface area contributed by atoms with Gasteiger partial charge in [0, 0.05) is 16.2 Å². The zero-order valence-electron chi connectivity index (χ0n) is 11.0. The number of aliphatic carboxylic acids is 1. The van der Waals surface area contributed by atoms with Crippen molar-refractivity contribution in [3.05, 3.63) is 21.4 Å². The van der Waals surface area contributed by atoms with Crippen molar-refractivity contribution in [2.45, 2.75) is 52.9 Å². The maximum atomic E-state index is 10.7. The molecule has 0 aliphatic heterocycles. The second-order valence-corrected chi connectivity index (χ2v) is 6.16. The topological polar surface area (TPSA) is 37.3 Å². The van der Waals surface area contributed by atoms with Gasteiger partial charge in [-0.2, -0.15) is 0 Å². The molecular weight excluding hydrogens is 232 g/mol. The summed E-state index contributed by atoms with van der Waals surface area (Å²) in [4.78, 5) is 13.4. The van der Waals surface area contributed by atoms with E-state index >= 15 is 0 Å². The van der Waals surface area contributed by atoms with Gasteiger partial charge in [-0.1, -0.05) is 13.3 Å². The van der Waals surface area contributed by atoms with E-state index in [0.717, 1.165) is 25.7 Å². The average Bonchev–Trinajstić information content (AvgIpc) is 2.55. The summed E-state index contributed by atoms with van der Waals surface area (Å²) in [6.07, 6.45) is 4.50. The molecule has 96 valence electrons. The van der Waals surface area contributed by atoms with Gasteiger partial charge in [0.05, 0.1) is 0 Å². The minimum absolute atomic E-state index is 0.318. The third-order valence-corrected chi connectivity index (χ3v) is 4.25. The van der Waals surface area contributed by atoms with Crippen molar-refractivity contribution in [2.75, 3.05) is 0 Å². The number of carbonyl (C=O) groups is 1. The summed E-state index contributed by atoms with van der Waals surface area (Å²) in [6, 6.07) is 2.26. The Hall–Kier alpha value is -0.830. The van der Waals surface area contributed by atoms with Crippen LogP contribution in [0, 0.1) is 19.8 Å². The summed E-state index contributed by atoms with van der Waals surface area (Å²) in [7, 11) is 0. The predicted octanol–water partition coefficient (Wildman–Crippen LogP) is 4.19. The minimum atomic E-state index is -0.667. The number of aryl methyl sites for hydroxylation is 3. The van der Waals surface area contributed by atoms with Crippen LogP contribution in [0.3, 0.4) is 0 Å². The highest BCUT2D eigenvalue weighted by atomic mass is 32.1. The molecule has 17 heavy (non-hydrogen) atoms. The van der Waals surface area contributed by atoms with Crippen molar-refractivity contribution in [3.63, 3.8) is 0 Å². The Balaban J connectivity index is 2.36. The fourth-order valence-corrected chi connectivity index (χ4v) is 3.19. The van der Waals surface area contributed by atoms with Crippen molar-refractivity contribution >= 4 is 17.3 Å². The maximum absolute atomic E-state index is 10.7. The molecule has 0 aliphatic carbocycles. The van der Waals surface area contributed by atoms with Gasteiger partial charge in [-0.25, -0.2) is 0 Å². The van der Waals surface area contributed by atoms with E-state index in [9.17, 15) is 4.79 Å². The number of carboxylic acid groups (broad SMARTS) is 1. The Morgan fingerprint density at radius 3 is 2.65 bits per heavy atom. The van der Waals surface area contributed by atoms with Crippen LogP contribution >= 0.6 is 11.3 Å². The molecule has 0 amide bonds. The Bertz CT molecular complexity index is 368. The lowest BCUT2D eigenvalue weighted by molar-refractivity contribution is -0.138. The van der Waals surface area contributed by atoms with E-state index in [-0.39, 0.29) is 0 Å². The average molecular weight is 254 g/mol. The van der Waals surface area contributed by atoms with E-state index in [2.05, 4.69) is 26.8 Å². The van der Waals surface area contributed by atoms with Crippen molar-refractivity contribution < 1.29 is 9.90 Å². The standard InChI is InChI=1S/C14H22O2S/c1-4-12(9-14(15)16)6-5-7-13-8-10(2)17-11(13)3/h8,12H,4-7,9H2,1-3H3,(H,15,16). The zero-order chi connectivity index (χ0) is 12.8. The van der Waals surface area contributed by atoms with Gasteiger partial charge in [0.15, 0.2) is 0 Å². The molecular formula is C14H22O2S. The van der Waals surface area contributed by atoms with Gasteiger partial charge >= 0.3 is 5.97 Å². The minimum Gasteiger partial charge on any atom is -0.481 e. The van der Waals surface area contributed by atoms with Crippen LogP contribution in [-0.2, 0) is 11.2 Å². The molecule has 0 fully saturated rings. The third-order valence-electron chi connectivity index (χ3n) is 3.24. The van der Waals surface area contributed by atoms with Crippen LogP contribution in [0.1, 0.15) is 47.9 Å². The molecule has 3 heteroatoms. The largest absolute Gasteiger partial charge is 0.481 e. The molecule has 2 nitrogen and oxygen atoms in total. The molecule has 0 saturated heterocycles. The summed E-state index contributed by atoms with van der Waals surface area (Å²) < 4.78 is 0. The van der Waals surface area contributed by atoms with E-state index in [1.807, 2.05) is 11.3 Å². The van der Waals surface area contributed by atoms with Crippen LogP contribution in [0.2, 0.25) is 0 Å². The first-order valence-corrected chi connectivity index (χ1v) is 7.12. The molecule has 1 N–H and O–H groups in total. The van der Waals surface area contributed by atoms with Crippen LogP contribution in [0.5, 0.6) is 0 Å². The first-order chi connectivity index (χ1) is 8.02. The van der Waals surface area contributed by atoms with E-state index in [1.165, 1.54) is 15.3 Å². The molecule has 0 aromatic carbocycles. The predicted molar refractivity (Wildman–Crippen MR) is 72.8 cm³/mol. The van der Waals surface area contributed by atoms with Crippen molar-refractivity contribution in [1.82, 2.24) is 0 Å². The summed E-state index contributed by atoms with van der Waals surface area (Å²) in [5, 5.41) is 8.78. The monoisotopic (exact) mass is 254 g/mol. The first kappa shape index (κ1) is 14.2. The highest BCUT2D eigenvalue weighted by molar-refractivity contribution is 7.12. The third kappa shape index (κ3) is 4.90. The number of hydrogen-bond acceptors (Lipinski definition) is 2. The SMILES string of the molecule is CCC(CCCc1cc(C)sc1C)CC(=O)O. The van der Waals surface area contributed by atoms with Crippen LogP contribution in [-0.4, -0.2) is 11.1 Å². The molecule has 1 heterocycles. The maximum Gasteiger partial charge on any atom is 0.303 e. The summed E-state index contributed by atoms with van der Waals surface area (Å²) in [6.45, 7) is 6.38. The smallest absolute Gasteiger partial charge is 0.303 e. The lowest BCUT2D eigenvalue weighted by atomic mass is 9.94. The molecule has 1 aromatic rings. The zero-order valence-corrected chi connectivity index (χ0v) is 11.8. The van der Waals surface area contributed by atoms with Crippen LogP contribution in [0.25, 0.3) is 0 Å². The Morgan fingerprint density at radius 1 is 1.47 bits per heavy atom. The Labute approximate surface area is 108 Å². The molecule has 1 rings (SSSR count). The van der Waals surface area contributed by atoms with E-state index < -0.39 is 5.97 Å². The van der Waals surface area contributed by atoms with Gasteiger partial charge in [0.1, 0.15) is 0 Å². The summed E-state index contributed by atoms with van der Waals surface area (Å²) >= 11 is 1.85. The van der Waals surface area contributed by atoms with Crippen LogP contribution in [0.4, 0.5) is 0 Å². The van der Waals surface area contributed by atoms with Crippen LogP contribution < -0.4 is 0 Å². The van der Waals surface area contributed by atoms with Crippen molar-refractivity contribution in [3.8, 4) is 0 Å². The molecule has 1 unspecified atom stereocenters. The highest BCUT2D eigenvalue weighted by Gasteiger charge is 2.11. The highest BCUT2D eigenvalue weighted by Crippen LogP contribution is 2.24. The fourth-order valence-electron chi connectivity index (χ4n) is 2.21. The fraction of sp³-hybridized carbons (Fsp3) is 0.643. The van der Waals surface area contributed by atoms with Gasteiger partial charge in [-0.15, -0.1) is 11.3 Å². The molecule has 0 bridgehead atoms. The van der Waals surface area contributed by atoms with Crippen molar-refractivity contribution in [1.29, 1.82) is 0 Å². The van der Waals surface area contributed by atoms with Gasteiger partial charge in [0.2, 0.25) is 0 Å². The van der Waals surface area contributed by atoms with E-state index in [1.54, 1.807) is 0 Å². The number of hydrogen-bond donors (Lipinski definition) is 1. The second-order valence-electron chi connectivity index (χ2n) is 4.70. The molecule has 0 spiro atoms. The van der Waals surface area contributed by atoms with Gasteiger partial charge < -0.3 is 5.11 Å². The molecule has 0 aliphatic rings. The molecule has 0 saturated carbocycles. The summed E-state index contributed by atoms with van der Waals surface area (Å²) in [5.74, 6) is -0.327. The summed E-state index contributed by atoms with van der Waals surface area (Å²) in [5.41, 5.74) is 1.44. The van der Waals surface area contributed by atoms with Crippen LogP contribution in [0.15, 0.2) is 6.07 Å². The lowest BCUT2D eigenvalue weighted by Crippen LogP contribution is -2.07. The van der Waals surface area contributed by atoms with Gasteiger partial charge in [0.25, 0.3) is 0 Å². The second kappa shape index (κ2) is 6.80. The Morgan fingerprint density at radius 2 is 2.18 bits per heavy atom. The Kier molecular flexibility index (Phi) is 5.69. The van der Waals surface area contributed by atoms with E-state index in [4.69, 9.17) is 5.11 Å². The molecule has 0 radical (unpaired) electrons. The normalized spacial score (nSPS) is 12.6. The van der Waals surface area contributed by atoms with E-state index in [0.29, 0.717) is 12.3 Å². The first-order valence-electron chi connectivity index (χ1n) is 6.30. The number of thiophene rings is 1. The number of rotatable bonds is 7. The van der Waals surface area contributed by atoms with Crippen molar-refractivity contribution in [2.24, 2.45) is 5.92 Å². The lowest BCUT2D eigenvalue weighted by Gasteiger charge is -2.11. The quantitative estimate of drug-likeness (QED) is 0.792. The van der Waals surface area contributed by atoms with Gasteiger partial charge in [-0.05, 0) is 50.7 Å².